The first-order valence-corrected chi connectivity index (χ1v) is 7.04. The summed E-state index contributed by atoms with van der Waals surface area (Å²) >= 11 is 0. The Morgan fingerprint density at radius 2 is 1.88 bits per heavy atom. The van der Waals surface area contributed by atoms with E-state index in [4.69, 9.17) is 4.74 Å². The molecular weight excluding hydrogens is 212 g/mol. The van der Waals surface area contributed by atoms with E-state index in [2.05, 4.69) is 31.0 Å². The van der Waals surface area contributed by atoms with Gasteiger partial charge >= 0.3 is 0 Å². The molecule has 0 aliphatic carbocycles. The van der Waals surface area contributed by atoms with Crippen LogP contribution in [0.25, 0.3) is 0 Å². The lowest BCUT2D eigenvalue weighted by Crippen LogP contribution is -2.41. The molecule has 1 aliphatic rings. The molecule has 1 saturated heterocycles. The van der Waals surface area contributed by atoms with Gasteiger partial charge in [-0.2, -0.15) is 0 Å². The van der Waals surface area contributed by atoms with E-state index in [9.17, 15) is 0 Å². The Bertz CT molecular complexity index is 200. The molecule has 1 heterocycles. The highest BCUT2D eigenvalue weighted by Crippen LogP contribution is 2.15. The van der Waals surface area contributed by atoms with Gasteiger partial charge in [-0.15, -0.1) is 0 Å². The maximum absolute atomic E-state index is 5.45. The highest BCUT2D eigenvalue weighted by molar-refractivity contribution is 4.76. The molecule has 1 unspecified atom stereocenters. The quantitative estimate of drug-likeness (QED) is 0.741. The predicted molar refractivity (Wildman–Crippen MR) is 73.5 cm³/mol. The lowest BCUT2D eigenvalue weighted by atomic mass is 10.00. The molecule has 0 aromatic heterocycles. The van der Waals surface area contributed by atoms with Gasteiger partial charge in [0, 0.05) is 26.2 Å². The Morgan fingerprint density at radius 1 is 1.24 bits per heavy atom. The smallest absolute Gasteiger partial charge is 0.0637 e. The van der Waals surface area contributed by atoms with Crippen LogP contribution in [-0.4, -0.2) is 49.8 Å². The van der Waals surface area contributed by atoms with Gasteiger partial charge in [0.15, 0.2) is 0 Å². The van der Waals surface area contributed by atoms with Gasteiger partial charge in [-0.25, -0.2) is 0 Å². The number of methoxy groups -OCH3 is 1. The van der Waals surface area contributed by atoms with Crippen molar-refractivity contribution >= 4 is 0 Å². The molecule has 3 nitrogen and oxygen atoms in total. The molecule has 102 valence electrons. The summed E-state index contributed by atoms with van der Waals surface area (Å²) in [4.78, 5) is 2.57. The van der Waals surface area contributed by atoms with E-state index in [1.54, 1.807) is 7.11 Å². The standard InChI is InChI=1S/C14H30N2O/c1-13(12-14(2,3)17-4)15-8-11-16-9-6-5-7-10-16/h13,15H,5-12H2,1-4H3. The molecule has 0 spiro atoms. The summed E-state index contributed by atoms with van der Waals surface area (Å²) in [5.41, 5.74) is -0.0163. The van der Waals surface area contributed by atoms with E-state index in [0.717, 1.165) is 13.0 Å². The van der Waals surface area contributed by atoms with Gasteiger partial charge in [-0.05, 0) is 53.1 Å². The highest BCUT2D eigenvalue weighted by atomic mass is 16.5. The molecule has 1 aliphatic heterocycles. The van der Waals surface area contributed by atoms with Crippen molar-refractivity contribution in [2.75, 3.05) is 33.3 Å². The fourth-order valence-corrected chi connectivity index (χ4v) is 2.54. The Kier molecular flexibility index (Phi) is 6.45. The third-order valence-electron chi connectivity index (χ3n) is 3.72. The van der Waals surface area contributed by atoms with Crippen LogP contribution in [0.1, 0.15) is 46.5 Å². The molecule has 1 fully saturated rings. The summed E-state index contributed by atoms with van der Waals surface area (Å²) in [6.07, 6.45) is 5.24. The van der Waals surface area contributed by atoms with Gasteiger partial charge in [0.25, 0.3) is 0 Å². The van der Waals surface area contributed by atoms with Crippen LogP contribution in [-0.2, 0) is 4.74 Å². The first-order valence-electron chi connectivity index (χ1n) is 7.04. The SMILES string of the molecule is COC(C)(C)CC(C)NCCN1CCCCC1. The number of nitrogens with zero attached hydrogens (tertiary/aromatic N) is 1. The summed E-state index contributed by atoms with van der Waals surface area (Å²) in [5.74, 6) is 0. The monoisotopic (exact) mass is 242 g/mol. The maximum atomic E-state index is 5.45. The van der Waals surface area contributed by atoms with E-state index in [0.29, 0.717) is 6.04 Å². The molecule has 3 heteroatoms. The number of hydrogen-bond acceptors (Lipinski definition) is 3. The van der Waals surface area contributed by atoms with Crippen molar-refractivity contribution in [2.45, 2.75) is 58.1 Å². The van der Waals surface area contributed by atoms with Crippen molar-refractivity contribution < 1.29 is 4.74 Å². The van der Waals surface area contributed by atoms with E-state index >= 15 is 0 Å². The van der Waals surface area contributed by atoms with E-state index in [1.165, 1.54) is 38.9 Å². The third kappa shape index (κ3) is 6.39. The second-order valence-electron chi connectivity index (χ2n) is 5.93. The second-order valence-corrected chi connectivity index (χ2v) is 5.93. The molecule has 1 rings (SSSR count). The molecule has 1 N–H and O–H groups in total. The molecule has 0 radical (unpaired) electrons. The van der Waals surface area contributed by atoms with Crippen LogP contribution in [0.2, 0.25) is 0 Å². The Labute approximate surface area is 107 Å². The summed E-state index contributed by atoms with van der Waals surface area (Å²) in [7, 11) is 1.79. The van der Waals surface area contributed by atoms with E-state index in [1.807, 2.05) is 0 Å². The molecular formula is C14H30N2O. The van der Waals surface area contributed by atoms with Crippen LogP contribution < -0.4 is 5.32 Å². The largest absolute Gasteiger partial charge is 0.379 e. The van der Waals surface area contributed by atoms with Crippen LogP contribution >= 0.6 is 0 Å². The zero-order valence-electron chi connectivity index (χ0n) is 12.1. The molecule has 0 bridgehead atoms. The minimum Gasteiger partial charge on any atom is -0.379 e. The second kappa shape index (κ2) is 7.34. The molecule has 1 atom stereocenters. The lowest BCUT2D eigenvalue weighted by molar-refractivity contribution is 0.00842. The zero-order chi connectivity index (χ0) is 12.7. The number of hydrogen-bond donors (Lipinski definition) is 1. The Morgan fingerprint density at radius 3 is 2.47 bits per heavy atom. The number of rotatable bonds is 7. The summed E-state index contributed by atoms with van der Waals surface area (Å²) in [6, 6.07) is 0.523. The van der Waals surface area contributed by atoms with Crippen molar-refractivity contribution in [2.24, 2.45) is 0 Å². The molecule has 0 amide bonds. The van der Waals surface area contributed by atoms with Gasteiger partial charge in [0.1, 0.15) is 0 Å². The van der Waals surface area contributed by atoms with Gasteiger partial charge in [-0.3, -0.25) is 0 Å². The lowest BCUT2D eigenvalue weighted by Gasteiger charge is -2.29. The zero-order valence-corrected chi connectivity index (χ0v) is 12.1. The Hall–Kier alpha value is -0.120. The van der Waals surface area contributed by atoms with Crippen LogP contribution in [0, 0.1) is 0 Å². The fourth-order valence-electron chi connectivity index (χ4n) is 2.54. The number of nitrogens with one attached hydrogen (secondary N) is 1. The van der Waals surface area contributed by atoms with Gasteiger partial charge in [0.2, 0.25) is 0 Å². The first-order chi connectivity index (χ1) is 8.03. The van der Waals surface area contributed by atoms with Crippen molar-refractivity contribution in [3.05, 3.63) is 0 Å². The van der Waals surface area contributed by atoms with Crippen molar-refractivity contribution in [1.29, 1.82) is 0 Å². The van der Waals surface area contributed by atoms with E-state index in [-0.39, 0.29) is 5.60 Å². The predicted octanol–water partition coefficient (Wildman–Crippen LogP) is 2.27. The molecule has 0 saturated carbocycles. The average Bonchev–Trinajstić information content (AvgIpc) is 2.30. The van der Waals surface area contributed by atoms with Gasteiger partial charge in [-0.1, -0.05) is 6.42 Å². The highest BCUT2D eigenvalue weighted by Gasteiger charge is 2.19. The van der Waals surface area contributed by atoms with Crippen LogP contribution in [0.3, 0.4) is 0 Å². The fraction of sp³-hybridized carbons (Fsp3) is 1.00. The van der Waals surface area contributed by atoms with Gasteiger partial charge < -0.3 is 15.0 Å². The summed E-state index contributed by atoms with van der Waals surface area (Å²) in [6.45, 7) is 11.4. The number of piperidine rings is 1. The average molecular weight is 242 g/mol. The van der Waals surface area contributed by atoms with Crippen LogP contribution in [0.4, 0.5) is 0 Å². The minimum atomic E-state index is -0.0163. The maximum Gasteiger partial charge on any atom is 0.0637 e. The molecule has 17 heavy (non-hydrogen) atoms. The van der Waals surface area contributed by atoms with Crippen molar-refractivity contribution in [3.63, 3.8) is 0 Å². The summed E-state index contributed by atoms with van der Waals surface area (Å²) in [5, 5.41) is 3.60. The topological polar surface area (TPSA) is 24.5 Å². The molecule has 0 aromatic carbocycles. The normalized spacial score (nSPS) is 20.5. The number of ether oxygens (including phenoxy) is 1. The van der Waals surface area contributed by atoms with Crippen LogP contribution in [0.15, 0.2) is 0 Å². The third-order valence-corrected chi connectivity index (χ3v) is 3.72. The first kappa shape index (κ1) is 14.9. The van der Waals surface area contributed by atoms with Gasteiger partial charge in [0.05, 0.1) is 5.60 Å². The minimum absolute atomic E-state index is 0.0163. The van der Waals surface area contributed by atoms with E-state index < -0.39 is 0 Å². The Balaban J connectivity index is 2.09. The van der Waals surface area contributed by atoms with Crippen molar-refractivity contribution in [1.82, 2.24) is 10.2 Å². The number of likely N-dealkylation sites (tertiary alicyclic amines) is 1. The van der Waals surface area contributed by atoms with Crippen molar-refractivity contribution in [3.8, 4) is 0 Å². The van der Waals surface area contributed by atoms with Crippen LogP contribution in [0.5, 0.6) is 0 Å². The molecule has 0 aromatic rings. The summed E-state index contributed by atoms with van der Waals surface area (Å²) < 4.78 is 5.45.